The Balaban J connectivity index is 1.79. The molecule has 3 atom stereocenters. The number of aryl methyl sites for hydroxylation is 1. The zero-order valence-corrected chi connectivity index (χ0v) is 16.2. The van der Waals surface area contributed by atoms with Gasteiger partial charge >= 0.3 is 0 Å². The van der Waals surface area contributed by atoms with Gasteiger partial charge in [-0.05, 0) is 50.6 Å². The van der Waals surface area contributed by atoms with Gasteiger partial charge in [0.25, 0.3) is 5.91 Å². The summed E-state index contributed by atoms with van der Waals surface area (Å²) in [6.45, 7) is 5.70. The molecule has 2 aliphatic heterocycles. The number of hydroxylamine groups is 1. The van der Waals surface area contributed by atoms with Gasteiger partial charge in [-0.15, -0.1) is 0 Å². The van der Waals surface area contributed by atoms with Gasteiger partial charge in [0, 0.05) is 11.1 Å². The van der Waals surface area contributed by atoms with Gasteiger partial charge in [-0.3, -0.25) is 19.3 Å². The van der Waals surface area contributed by atoms with E-state index in [2.05, 4.69) is 0 Å². The van der Waals surface area contributed by atoms with Crippen LogP contribution in [0, 0.1) is 12.8 Å². The summed E-state index contributed by atoms with van der Waals surface area (Å²) in [6, 6.07) is 14.6. The van der Waals surface area contributed by atoms with Gasteiger partial charge in [-0.25, -0.2) is 5.06 Å². The minimum Gasteiger partial charge on any atom is -0.277 e. The van der Waals surface area contributed by atoms with Crippen molar-refractivity contribution >= 4 is 29.1 Å². The van der Waals surface area contributed by atoms with Crippen LogP contribution >= 0.6 is 11.6 Å². The van der Waals surface area contributed by atoms with Crippen LogP contribution in [0.25, 0.3) is 0 Å². The minimum absolute atomic E-state index is 0.179. The largest absolute Gasteiger partial charge is 0.277 e. The molecular weight excluding hydrogens is 364 g/mol. The lowest BCUT2D eigenvalue weighted by molar-refractivity contribution is -0.145. The molecule has 2 aromatic rings. The summed E-state index contributed by atoms with van der Waals surface area (Å²) in [4.78, 5) is 33.3. The predicted octanol–water partition coefficient (Wildman–Crippen LogP) is 3.90. The van der Waals surface area contributed by atoms with Crippen LogP contribution in [0.15, 0.2) is 48.5 Å². The first-order chi connectivity index (χ1) is 12.9. The number of hydrogen-bond donors (Lipinski definition) is 0. The molecule has 0 spiro atoms. The zero-order chi connectivity index (χ0) is 19.3. The average Bonchev–Trinajstić information content (AvgIpc) is 3.13. The summed E-state index contributed by atoms with van der Waals surface area (Å²) in [7, 11) is 0. The molecule has 2 amide bonds. The van der Waals surface area contributed by atoms with Crippen molar-refractivity contribution in [3.05, 3.63) is 64.7 Å². The molecule has 2 aromatic carbocycles. The highest BCUT2D eigenvalue weighted by Gasteiger charge is 2.60. The maximum atomic E-state index is 13.1. The highest BCUT2D eigenvalue weighted by atomic mass is 35.5. The molecular formula is C21H21ClN2O3. The van der Waals surface area contributed by atoms with E-state index in [1.165, 1.54) is 4.90 Å². The Morgan fingerprint density at radius 1 is 0.963 bits per heavy atom. The number of halogens is 1. The average molecular weight is 385 g/mol. The lowest BCUT2D eigenvalue weighted by Crippen LogP contribution is -2.41. The molecule has 0 bridgehead atoms. The van der Waals surface area contributed by atoms with E-state index in [4.69, 9.17) is 16.4 Å². The first kappa shape index (κ1) is 18.0. The maximum Gasteiger partial charge on any atom is 0.262 e. The van der Waals surface area contributed by atoms with Crippen LogP contribution in [0.2, 0.25) is 5.02 Å². The third-order valence-electron chi connectivity index (χ3n) is 5.17. The number of anilines is 1. The maximum absolute atomic E-state index is 13.1. The molecule has 2 fully saturated rings. The quantitative estimate of drug-likeness (QED) is 0.753. The Bertz CT molecular complexity index is 879. The molecule has 140 valence electrons. The normalized spacial score (nSPS) is 24.9. The van der Waals surface area contributed by atoms with E-state index in [9.17, 15) is 9.59 Å². The summed E-state index contributed by atoms with van der Waals surface area (Å²) in [6.07, 6.45) is -0.804. The summed E-state index contributed by atoms with van der Waals surface area (Å²) in [5.41, 5.74) is 2.83. The second kappa shape index (κ2) is 6.66. The predicted molar refractivity (Wildman–Crippen MR) is 103 cm³/mol. The second-order valence-electron chi connectivity index (χ2n) is 7.35. The Labute approximate surface area is 163 Å². The molecule has 0 unspecified atom stereocenters. The SMILES string of the molecule is Cc1ccc([C@H]2[C@H]3C(=O)N(C(C)C)C(=O)[C@H]3ON2c2ccc(Cl)cc2)cc1. The van der Waals surface area contributed by atoms with Crippen molar-refractivity contribution in [1.82, 2.24) is 4.90 Å². The Hall–Kier alpha value is -2.37. The number of fused-ring (bicyclic) bond motifs is 1. The number of rotatable bonds is 3. The van der Waals surface area contributed by atoms with Gasteiger partial charge in [0.05, 0.1) is 11.7 Å². The third kappa shape index (κ3) is 2.91. The Morgan fingerprint density at radius 3 is 2.19 bits per heavy atom. The smallest absolute Gasteiger partial charge is 0.262 e. The number of imide groups is 1. The van der Waals surface area contributed by atoms with Gasteiger partial charge in [0.2, 0.25) is 5.91 Å². The van der Waals surface area contributed by atoms with Gasteiger partial charge in [-0.1, -0.05) is 41.4 Å². The van der Waals surface area contributed by atoms with Crippen LogP contribution in [0.1, 0.15) is 31.0 Å². The Kier molecular flexibility index (Phi) is 4.44. The highest BCUT2D eigenvalue weighted by molar-refractivity contribution is 6.30. The first-order valence-electron chi connectivity index (χ1n) is 9.03. The van der Waals surface area contributed by atoms with E-state index >= 15 is 0 Å². The van der Waals surface area contributed by atoms with Crippen molar-refractivity contribution in [1.29, 1.82) is 0 Å². The number of amides is 2. The molecule has 0 aromatic heterocycles. The van der Waals surface area contributed by atoms with E-state index in [0.717, 1.165) is 16.8 Å². The fourth-order valence-electron chi connectivity index (χ4n) is 3.86. The fourth-order valence-corrected chi connectivity index (χ4v) is 3.99. The topological polar surface area (TPSA) is 49.9 Å². The molecule has 2 aliphatic rings. The van der Waals surface area contributed by atoms with Crippen LogP contribution in [0.5, 0.6) is 0 Å². The summed E-state index contributed by atoms with van der Waals surface area (Å²) in [5, 5.41) is 2.30. The number of carbonyl (C=O) groups excluding carboxylic acids is 2. The molecule has 4 rings (SSSR count). The van der Waals surface area contributed by atoms with Crippen molar-refractivity contribution in [2.45, 2.75) is 39.0 Å². The first-order valence-corrected chi connectivity index (χ1v) is 9.41. The fraction of sp³-hybridized carbons (Fsp3) is 0.333. The van der Waals surface area contributed by atoms with Crippen molar-refractivity contribution in [2.24, 2.45) is 5.92 Å². The van der Waals surface area contributed by atoms with E-state index < -0.39 is 12.0 Å². The molecule has 0 N–H and O–H groups in total. The molecule has 6 heteroatoms. The molecule has 2 heterocycles. The van der Waals surface area contributed by atoms with Crippen molar-refractivity contribution in [3.8, 4) is 0 Å². The van der Waals surface area contributed by atoms with Crippen LogP contribution in [-0.2, 0) is 14.4 Å². The number of benzene rings is 2. The zero-order valence-electron chi connectivity index (χ0n) is 15.4. The summed E-state index contributed by atoms with van der Waals surface area (Å²) >= 11 is 6.01. The van der Waals surface area contributed by atoms with Crippen LogP contribution in [-0.4, -0.2) is 28.9 Å². The second-order valence-corrected chi connectivity index (χ2v) is 7.79. The number of hydrogen-bond acceptors (Lipinski definition) is 4. The molecule has 0 aliphatic carbocycles. The Morgan fingerprint density at radius 2 is 1.59 bits per heavy atom. The number of carbonyl (C=O) groups is 2. The highest BCUT2D eigenvalue weighted by Crippen LogP contribution is 2.47. The van der Waals surface area contributed by atoms with Crippen molar-refractivity contribution in [2.75, 3.05) is 5.06 Å². The van der Waals surface area contributed by atoms with Crippen LogP contribution in [0.3, 0.4) is 0 Å². The van der Waals surface area contributed by atoms with Gasteiger partial charge in [0.1, 0.15) is 5.92 Å². The van der Waals surface area contributed by atoms with Crippen LogP contribution < -0.4 is 5.06 Å². The number of nitrogens with zero attached hydrogens (tertiary/aromatic N) is 2. The van der Waals surface area contributed by atoms with Crippen molar-refractivity contribution < 1.29 is 14.4 Å². The molecule has 2 saturated heterocycles. The lowest BCUT2D eigenvalue weighted by Gasteiger charge is -2.29. The van der Waals surface area contributed by atoms with Crippen molar-refractivity contribution in [3.63, 3.8) is 0 Å². The molecule has 5 nitrogen and oxygen atoms in total. The van der Waals surface area contributed by atoms with Gasteiger partial charge in [-0.2, -0.15) is 0 Å². The van der Waals surface area contributed by atoms with E-state index in [1.54, 1.807) is 17.2 Å². The number of likely N-dealkylation sites (tertiary alicyclic amines) is 1. The standard InChI is InChI=1S/C21H21ClN2O3/c1-12(2)23-20(25)17-18(14-6-4-13(3)5-7-14)24(27-19(17)21(23)26)16-10-8-15(22)9-11-16/h4-12,17-19H,1-3H3/t17-,18+,19+/m1/s1. The lowest BCUT2D eigenvalue weighted by atomic mass is 9.90. The monoisotopic (exact) mass is 384 g/mol. The van der Waals surface area contributed by atoms with E-state index in [1.807, 2.05) is 57.2 Å². The third-order valence-corrected chi connectivity index (χ3v) is 5.42. The molecule has 27 heavy (non-hydrogen) atoms. The van der Waals surface area contributed by atoms with Gasteiger partial charge < -0.3 is 0 Å². The molecule has 0 saturated carbocycles. The minimum atomic E-state index is -0.804. The van der Waals surface area contributed by atoms with E-state index in [-0.39, 0.29) is 23.9 Å². The summed E-state index contributed by atoms with van der Waals surface area (Å²) in [5.74, 6) is -1.02. The van der Waals surface area contributed by atoms with Gasteiger partial charge in [0.15, 0.2) is 6.10 Å². The summed E-state index contributed by atoms with van der Waals surface area (Å²) < 4.78 is 0. The van der Waals surface area contributed by atoms with Crippen LogP contribution in [0.4, 0.5) is 5.69 Å². The molecule has 0 radical (unpaired) electrons. The van der Waals surface area contributed by atoms with E-state index in [0.29, 0.717) is 5.02 Å².